The number of nitrogens with zero attached hydrogens (tertiary/aromatic N) is 3. The first kappa shape index (κ1) is 19.9. The summed E-state index contributed by atoms with van der Waals surface area (Å²) in [6.07, 6.45) is 3.96. The van der Waals surface area contributed by atoms with Crippen molar-refractivity contribution in [2.45, 2.75) is 39.2 Å². The van der Waals surface area contributed by atoms with Crippen LogP contribution >= 0.6 is 11.3 Å². The van der Waals surface area contributed by atoms with Crippen molar-refractivity contribution in [1.29, 1.82) is 0 Å². The summed E-state index contributed by atoms with van der Waals surface area (Å²) in [5.41, 5.74) is 4.34. The number of rotatable bonds is 5. The zero-order valence-corrected chi connectivity index (χ0v) is 18.8. The minimum Gasteiger partial charge on any atom is -0.370 e. The zero-order chi connectivity index (χ0) is 19.7. The van der Waals surface area contributed by atoms with E-state index in [1.54, 1.807) is 0 Å². The lowest BCUT2D eigenvalue weighted by Crippen LogP contribution is -2.41. The van der Waals surface area contributed by atoms with Crippen LogP contribution in [0.4, 0.5) is 5.69 Å². The molecule has 0 bridgehead atoms. The maximum atomic E-state index is 2.67. The van der Waals surface area contributed by atoms with Gasteiger partial charge in [0.15, 0.2) is 0 Å². The Balaban J connectivity index is 1.42. The summed E-state index contributed by atoms with van der Waals surface area (Å²) in [5.74, 6) is 0.840. The predicted octanol–water partition coefficient (Wildman–Crippen LogP) is 4.88. The van der Waals surface area contributed by atoms with Crippen molar-refractivity contribution in [3.8, 4) is 10.4 Å². The van der Waals surface area contributed by atoms with Crippen LogP contribution in [0.1, 0.15) is 29.7 Å². The van der Waals surface area contributed by atoms with E-state index in [-0.39, 0.29) is 0 Å². The molecule has 152 valence electrons. The van der Waals surface area contributed by atoms with Crippen molar-refractivity contribution < 1.29 is 0 Å². The molecule has 1 aromatic heterocycles. The molecular formula is C24H35N3S. The van der Waals surface area contributed by atoms with Gasteiger partial charge in [0.1, 0.15) is 0 Å². The molecular weight excluding hydrogens is 362 g/mol. The third-order valence-corrected chi connectivity index (χ3v) is 8.10. The second-order valence-corrected chi connectivity index (χ2v) is 10.1. The normalized spacial score (nSPS) is 21.8. The van der Waals surface area contributed by atoms with Crippen molar-refractivity contribution in [2.75, 3.05) is 51.7 Å². The topological polar surface area (TPSA) is 9.72 Å². The number of likely N-dealkylation sites (tertiary alicyclic amines) is 1. The van der Waals surface area contributed by atoms with Gasteiger partial charge >= 0.3 is 0 Å². The third-order valence-electron chi connectivity index (χ3n) is 6.86. The average Bonchev–Trinajstić information content (AvgIpc) is 3.27. The number of thiophene rings is 1. The molecule has 0 aliphatic carbocycles. The standard InChI is InChI=1S/C24H35N3S/c1-18-19(2)28-24(21-8-6-5-7-9-21)23(18)27-14-10-20(11-15-27)16-26(4)22-12-13-25(3)17-22/h5-9,20,22H,10-17H2,1-4H3. The van der Waals surface area contributed by atoms with Crippen molar-refractivity contribution >= 4 is 17.0 Å². The lowest BCUT2D eigenvalue weighted by molar-refractivity contribution is 0.192. The maximum Gasteiger partial charge on any atom is 0.0588 e. The van der Waals surface area contributed by atoms with Gasteiger partial charge in [-0.2, -0.15) is 0 Å². The number of aryl methyl sites for hydroxylation is 1. The highest BCUT2D eigenvalue weighted by Gasteiger charge is 2.28. The third kappa shape index (κ3) is 4.14. The molecule has 2 aliphatic rings. The Labute approximate surface area is 175 Å². The number of benzene rings is 1. The Kier molecular flexibility index (Phi) is 6.10. The lowest BCUT2D eigenvalue weighted by atomic mass is 9.94. The minimum atomic E-state index is 0.759. The summed E-state index contributed by atoms with van der Waals surface area (Å²) in [4.78, 5) is 10.7. The molecule has 0 amide bonds. The first-order chi connectivity index (χ1) is 13.5. The van der Waals surface area contributed by atoms with Gasteiger partial charge in [-0.15, -0.1) is 11.3 Å². The quantitative estimate of drug-likeness (QED) is 0.712. The van der Waals surface area contributed by atoms with Crippen molar-refractivity contribution in [1.82, 2.24) is 9.80 Å². The van der Waals surface area contributed by atoms with E-state index in [0.29, 0.717) is 0 Å². The SMILES string of the molecule is Cc1sc(-c2ccccc2)c(N2CCC(CN(C)C3CCN(C)C3)CC2)c1C. The van der Waals surface area contributed by atoms with E-state index in [1.165, 1.54) is 78.6 Å². The maximum absolute atomic E-state index is 2.67. The van der Waals surface area contributed by atoms with Crippen LogP contribution in [-0.2, 0) is 0 Å². The van der Waals surface area contributed by atoms with E-state index >= 15 is 0 Å². The largest absolute Gasteiger partial charge is 0.370 e. The molecule has 0 N–H and O–H groups in total. The molecule has 1 unspecified atom stereocenters. The van der Waals surface area contributed by atoms with Crippen LogP contribution in [0.3, 0.4) is 0 Å². The molecule has 0 radical (unpaired) electrons. The summed E-state index contributed by atoms with van der Waals surface area (Å²) in [6.45, 7) is 10.7. The molecule has 0 spiro atoms. The summed E-state index contributed by atoms with van der Waals surface area (Å²) in [6, 6.07) is 11.7. The van der Waals surface area contributed by atoms with Gasteiger partial charge < -0.3 is 14.7 Å². The van der Waals surface area contributed by atoms with Gasteiger partial charge in [0.05, 0.1) is 10.6 Å². The highest BCUT2D eigenvalue weighted by atomic mass is 32.1. The molecule has 0 saturated carbocycles. The van der Waals surface area contributed by atoms with Gasteiger partial charge in [0, 0.05) is 37.1 Å². The molecule has 3 nitrogen and oxygen atoms in total. The van der Waals surface area contributed by atoms with Gasteiger partial charge in [-0.1, -0.05) is 30.3 Å². The van der Waals surface area contributed by atoms with Crippen molar-refractivity contribution in [3.05, 3.63) is 40.8 Å². The Morgan fingerprint density at radius 2 is 1.75 bits per heavy atom. The molecule has 1 atom stereocenters. The fourth-order valence-electron chi connectivity index (χ4n) is 4.95. The molecule has 1 aromatic carbocycles. The van der Waals surface area contributed by atoms with Gasteiger partial charge in [-0.25, -0.2) is 0 Å². The number of likely N-dealkylation sites (N-methyl/N-ethyl adjacent to an activating group) is 2. The van der Waals surface area contributed by atoms with Crippen LogP contribution in [0.15, 0.2) is 30.3 Å². The van der Waals surface area contributed by atoms with Crippen LogP contribution in [0.25, 0.3) is 10.4 Å². The first-order valence-electron chi connectivity index (χ1n) is 10.8. The van der Waals surface area contributed by atoms with E-state index in [2.05, 4.69) is 73.0 Å². The molecule has 4 heteroatoms. The first-order valence-corrected chi connectivity index (χ1v) is 11.6. The smallest absolute Gasteiger partial charge is 0.0588 e. The lowest BCUT2D eigenvalue weighted by Gasteiger charge is -2.37. The van der Waals surface area contributed by atoms with Crippen molar-refractivity contribution in [3.63, 3.8) is 0 Å². The second kappa shape index (κ2) is 8.56. The van der Waals surface area contributed by atoms with Crippen molar-refractivity contribution in [2.24, 2.45) is 5.92 Å². The van der Waals surface area contributed by atoms with E-state index in [1.807, 2.05) is 11.3 Å². The summed E-state index contributed by atoms with van der Waals surface area (Å²) < 4.78 is 0. The predicted molar refractivity (Wildman–Crippen MR) is 123 cm³/mol. The van der Waals surface area contributed by atoms with E-state index in [4.69, 9.17) is 0 Å². The summed E-state index contributed by atoms with van der Waals surface area (Å²) in [5, 5.41) is 0. The highest BCUT2D eigenvalue weighted by Crippen LogP contribution is 2.43. The van der Waals surface area contributed by atoms with Crippen LogP contribution in [0.2, 0.25) is 0 Å². The van der Waals surface area contributed by atoms with Gasteiger partial charge in [0.2, 0.25) is 0 Å². The minimum absolute atomic E-state index is 0.759. The fraction of sp³-hybridized carbons (Fsp3) is 0.583. The molecule has 2 fully saturated rings. The number of hydrogen-bond donors (Lipinski definition) is 0. The van der Waals surface area contributed by atoms with E-state index in [9.17, 15) is 0 Å². The molecule has 2 saturated heterocycles. The zero-order valence-electron chi connectivity index (χ0n) is 17.9. The molecule has 3 heterocycles. The second-order valence-electron chi connectivity index (χ2n) is 8.90. The number of anilines is 1. The Morgan fingerprint density at radius 1 is 1.04 bits per heavy atom. The summed E-state index contributed by atoms with van der Waals surface area (Å²) >= 11 is 1.96. The Bertz CT molecular complexity index is 777. The van der Waals surface area contributed by atoms with Gasteiger partial charge in [-0.3, -0.25) is 0 Å². The number of piperidine rings is 1. The molecule has 28 heavy (non-hydrogen) atoms. The Hall–Kier alpha value is -1.36. The van der Waals surface area contributed by atoms with Crippen LogP contribution in [-0.4, -0.2) is 62.7 Å². The average molecular weight is 398 g/mol. The van der Waals surface area contributed by atoms with E-state index in [0.717, 1.165) is 12.0 Å². The number of hydrogen-bond acceptors (Lipinski definition) is 4. The fourth-order valence-corrected chi connectivity index (χ4v) is 6.14. The molecule has 4 rings (SSSR count). The van der Waals surface area contributed by atoms with Crippen LogP contribution in [0, 0.1) is 19.8 Å². The Morgan fingerprint density at radius 3 is 2.39 bits per heavy atom. The van der Waals surface area contributed by atoms with Gasteiger partial charge in [0.25, 0.3) is 0 Å². The van der Waals surface area contributed by atoms with E-state index < -0.39 is 0 Å². The summed E-state index contributed by atoms with van der Waals surface area (Å²) in [7, 11) is 4.60. The van der Waals surface area contributed by atoms with Crippen LogP contribution in [0.5, 0.6) is 0 Å². The molecule has 2 aliphatic heterocycles. The highest BCUT2D eigenvalue weighted by molar-refractivity contribution is 7.16. The van der Waals surface area contributed by atoms with Gasteiger partial charge in [-0.05, 0) is 70.8 Å². The van der Waals surface area contributed by atoms with Crippen LogP contribution < -0.4 is 4.90 Å². The monoisotopic (exact) mass is 397 g/mol. The molecule has 2 aromatic rings.